The Morgan fingerprint density at radius 1 is 1.23 bits per heavy atom. The van der Waals surface area contributed by atoms with Gasteiger partial charge < -0.3 is 20.1 Å². The van der Waals surface area contributed by atoms with Crippen LogP contribution in [-0.2, 0) is 17.8 Å². The molecule has 0 aliphatic carbocycles. The summed E-state index contributed by atoms with van der Waals surface area (Å²) in [6.07, 6.45) is 3.71. The van der Waals surface area contributed by atoms with Crippen LogP contribution in [-0.4, -0.2) is 58.2 Å². The molecule has 2 heterocycles. The van der Waals surface area contributed by atoms with Gasteiger partial charge in [0.2, 0.25) is 0 Å². The maximum atomic E-state index is 12.1. The fourth-order valence-electron chi connectivity index (χ4n) is 3.67. The number of nitrogens with zero attached hydrogens (tertiary/aromatic N) is 2. The van der Waals surface area contributed by atoms with Crippen molar-refractivity contribution < 1.29 is 14.6 Å². The first-order valence-electron chi connectivity index (χ1n) is 10.1. The highest BCUT2D eigenvalue weighted by atomic mass is 16.5. The van der Waals surface area contributed by atoms with Gasteiger partial charge in [0.1, 0.15) is 5.75 Å². The van der Waals surface area contributed by atoms with Gasteiger partial charge in [-0.15, -0.1) is 0 Å². The Labute approximate surface area is 175 Å². The van der Waals surface area contributed by atoms with Crippen molar-refractivity contribution in [2.24, 2.45) is 0 Å². The van der Waals surface area contributed by atoms with E-state index in [2.05, 4.69) is 38.4 Å². The van der Waals surface area contributed by atoms with E-state index < -0.39 is 6.10 Å². The molecule has 1 unspecified atom stereocenters. The monoisotopic (exact) mass is 406 g/mol. The number of carbonyl (C=O) groups excluding carboxylic acids is 1. The summed E-state index contributed by atoms with van der Waals surface area (Å²) < 4.78 is 5.59. The third-order valence-corrected chi connectivity index (χ3v) is 5.23. The van der Waals surface area contributed by atoms with Crippen molar-refractivity contribution in [3.05, 3.63) is 72.2 Å². The van der Waals surface area contributed by atoms with E-state index in [9.17, 15) is 9.90 Å². The van der Waals surface area contributed by atoms with Gasteiger partial charge in [-0.1, -0.05) is 36.4 Å². The number of nitrogens with one attached hydrogen (secondary N) is 2. The van der Waals surface area contributed by atoms with Crippen LogP contribution in [0.2, 0.25) is 0 Å². The molecule has 1 atom stereocenters. The number of amides is 1. The number of aromatic nitrogens is 2. The summed E-state index contributed by atoms with van der Waals surface area (Å²) in [6, 6.07) is 15.9. The molecule has 0 bridgehead atoms. The number of carbonyl (C=O) groups is 1. The second kappa shape index (κ2) is 9.56. The molecule has 1 amide bonds. The number of imidazole rings is 1. The summed E-state index contributed by atoms with van der Waals surface area (Å²) in [5.74, 6) is 0.342. The van der Waals surface area contributed by atoms with Crippen molar-refractivity contribution in [3.63, 3.8) is 0 Å². The van der Waals surface area contributed by atoms with Crippen LogP contribution in [0.15, 0.2) is 61.1 Å². The van der Waals surface area contributed by atoms with E-state index in [4.69, 9.17) is 4.74 Å². The summed E-state index contributed by atoms with van der Waals surface area (Å²) in [4.78, 5) is 21.4. The fourth-order valence-corrected chi connectivity index (χ4v) is 3.67. The van der Waals surface area contributed by atoms with Gasteiger partial charge in [0.05, 0.1) is 24.3 Å². The maximum absolute atomic E-state index is 12.1. The van der Waals surface area contributed by atoms with Crippen molar-refractivity contribution in [2.75, 3.05) is 26.2 Å². The van der Waals surface area contributed by atoms with E-state index in [0.29, 0.717) is 12.3 Å². The largest absolute Gasteiger partial charge is 0.484 e. The summed E-state index contributed by atoms with van der Waals surface area (Å²) in [6.45, 7) is 2.38. The Morgan fingerprint density at radius 3 is 2.93 bits per heavy atom. The standard InChI is InChI=1S/C23H26N4O3/c28-20(14-27-9-8-17-4-1-2-5-19(17)13-27)11-25-23(29)15-30-21-7-3-6-18(10-21)22-12-24-16-26-22/h1-7,10,12,16,20,28H,8-9,11,13-15H2,(H,24,26)(H,25,29). The zero-order valence-corrected chi connectivity index (χ0v) is 16.8. The molecule has 1 aliphatic rings. The lowest BCUT2D eigenvalue weighted by Gasteiger charge is -2.30. The van der Waals surface area contributed by atoms with Gasteiger partial charge >= 0.3 is 0 Å². The molecule has 3 aromatic rings. The van der Waals surface area contributed by atoms with Crippen molar-refractivity contribution >= 4 is 5.91 Å². The third kappa shape index (κ3) is 5.25. The molecule has 0 saturated carbocycles. The van der Waals surface area contributed by atoms with E-state index in [1.165, 1.54) is 11.1 Å². The van der Waals surface area contributed by atoms with Crippen LogP contribution in [0.1, 0.15) is 11.1 Å². The molecule has 156 valence electrons. The van der Waals surface area contributed by atoms with E-state index in [1.54, 1.807) is 18.6 Å². The molecule has 0 spiro atoms. The molecule has 3 N–H and O–H groups in total. The summed E-state index contributed by atoms with van der Waals surface area (Å²) in [7, 11) is 0. The van der Waals surface area contributed by atoms with Gasteiger partial charge in [0.15, 0.2) is 6.61 Å². The van der Waals surface area contributed by atoms with Crippen LogP contribution in [0.4, 0.5) is 0 Å². The Hall–Kier alpha value is -3.16. The Balaban J connectivity index is 1.19. The molecule has 30 heavy (non-hydrogen) atoms. The van der Waals surface area contributed by atoms with E-state index >= 15 is 0 Å². The molecule has 1 aromatic heterocycles. The van der Waals surface area contributed by atoms with Gasteiger partial charge in [-0.2, -0.15) is 0 Å². The molecular formula is C23H26N4O3. The zero-order chi connectivity index (χ0) is 20.8. The van der Waals surface area contributed by atoms with Gasteiger partial charge in [0, 0.05) is 31.7 Å². The molecule has 7 nitrogen and oxygen atoms in total. The average molecular weight is 406 g/mol. The second-order valence-electron chi connectivity index (χ2n) is 7.49. The SMILES string of the molecule is O=C(COc1cccc(-c2cnc[nH]2)c1)NCC(O)CN1CCc2ccccc2C1. The third-order valence-electron chi connectivity index (χ3n) is 5.23. The van der Waals surface area contributed by atoms with Crippen LogP contribution in [0.3, 0.4) is 0 Å². The number of β-amino-alcohol motifs (C(OH)–C–C–N with tert-alkyl or cyclic N) is 1. The minimum absolute atomic E-state index is 0.101. The van der Waals surface area contributed by atoms with Crippen molar-refractivity contribution in [1.29, 1.82) is 0 Å². The van der Waals surface area contributed by atoms with Crippen LogP contribution in [0.5, 0.6) is 5.75 Å². The molecular weight excluding hydrogens is 380 g/mol. The lowest BCUT2D eigenvalue weighted by atomic mass is 10.00. The molecule has 4 rings (SSSR count). The average Bonchev–Trinajstić information content (AvgIpc) is 3.31. The van der Waals surface area contributed by atoms with Crippen LogP contribution in [0.25, 0.3) is 11.3 Å². The van der Waals surface area contributed by atoms with Gasteiger partial charge in [-0.25, -0.2) is 4.98 Å². The zero-order valence-electron chi connectivity index (χ0n) is 16.8. The minimum atomic E-state index is -0.622. The molecule has 2 aromatic carbocycles. The van der Waals surface area contributed by atoms with Crippen LogP contribution >= 0.6 is 0 Å². The second-order valence-corrected chi connectivity index (χ2v) is 7.49. The Morgan fingerprint density at radius 2 is 2.10 bits per heavy atom. The Bertz CT molecular complexity index is 974. The predicted molar refractivity (Wildman–Crippen MR) is 114 cm³/mol. The van der Waals surface area contributed by atoms with Gasteiger partial charge in [0.25, 0.3) is 5.91 Å². The van der Waals surface area contributed by atoms with Gasteiger partial charge in [-0.05, 0) is 29.7 Å². The smallest absolute Gasteiger partial charge is 0.258 e. The highest BCUT2D eigenvalue weighted by Gasteiger charge is 2.18. The van der Waals surface area contributed by atoms with Crippen LogP contribution < -0.4 is 10.1 Å². The number of benzene rings is 2. The molecule has 0 radical (unpaired) electrons. The molecule has 0 saturated heterocycles. The number of fused-ring (bicyclic) bond motifs is 1. The Kier molecular flexibility index (Phi) is 6.41. The maximum Gasteiger partial charge on any atom is 0.258 e. The first kappa shape index (κ1) is 20.1. The van der Waals surface area contributed by atoms with E-state index in [-0.39, 0.29) is 19.1 Å². The fraction of sp³-hybridized carbons (Fsp3) is 0.304. The highest BCUT2D eigenvalue weighted by Crippen LogP contribution is 2.21. The van der Waals surface area contributed by atoms with Crippen molar-refractivity contribution in [1.82, 2.24) is 20.2 Å². The molecule has 0 fully saturated rings. The minimum Gasteiger partial charge on any atom is -0.484 e. The first-order valence-corrected chi connectivity index (χ1v) is 10.1. The number of ether oxygens (including phenoxy) is 1. The van der Waals surface area contributed by atoms with Crippen LogP contribution in [0, 0.1) is 0 Å². The summed E-state index contributed by atoms with van der Waals surface area (Å²) in [5.41, 5.74) is 4.51. The number of H-pyrrole nitrogens is 1. The first-order chi connectivity index (χ1) is 14.7. The topological polar surface area (TPSA) is 90.5 Å². The number of aliphatic hydroxyl groups excluding tert-OH is 1. The van der Waals surface area contributed by atoms with Crippen molar-refractivity contribution in [2.45, 2.75) is 19.1 Å². The highest BCUT2D eigenvalue weighted by molar-refractivity contribution is 5.77. The van der Waals surface area contributed by atoms with Gasteiger partial charge in [-0.3, -0.25) is 9.69 Å². The number of hydrogen-bond donors (Lipinski definition) is 3. The lowest BCUT2D eigenvalue weighted by Crippen LogP contribution is -2.42. The number of hydrogen-bond acceptors (Lipinski definition) is 5. The van der Waals surface area contributed by atoms with Crippen molar-refractivity contribution in [3.8, 4) is 17.0 Å². The number of aromatic amines is 1. The molecule has 7 heteroatoms. The number of rotatable bonds is 8. The predicted octanol–water partition coefficient (Wildman–Crippen LogP) is 1.99. The summed E-state index contributed by atoms with van der Waals surface area (Å²) >= 11 is 0. The molecule has 1 aliphatic heterocycles. The number of aliphatic hydroxyl groups is 1. The quantitative estimate of drug-likeness (QED) is 0.532. The normalized spacial score (nSPS) is 14.7. The summed E-state index contributed by atoms with van der Waals surface area (Å²) in [5, 5.41) is 13.1. The van der Waals surface area contributed by atoms with E-state index in [1.807, 2.05) is 24.3 Å². The lowest BCUT2D eigenvalue weighted by molar-refractivity contribution is -0.123. The van der Waals surface area contributed by atoms with E-state index in [0.717, 1.165) is 30.8 Å².